The van der Waals surface area contributed by atoms with E-state index < -0.39 is 23.0 Å². The first-order valence-corrected chi connectivity index (χ1v) is 5.69. The largest absolute Gasteiger partial charge is 0.481 e. The average Bonchev–Trinajstić information content (AvgIpc) is 3.01. The number of hydrogen-bond acceptors (Lipinski definition) is 1. The van der Waals surface area contributed by atoms with Crippen LogP contribution in [-0.4, -0.2) is 11.1 Å². The lowest BCUT2D eigenvalue weighted by Crippen LogP contribution is -2.16. The van der Waals surface area contributed by atoms with Crippen molar-refractivity contribution in [1.82, 2.24) is 0 Å². The summed E-state index contributed by atoms with van der Waals surface area (Å²) in [6, 6.07) is 2.78. The number of aliphatic carboxylic acids is 1. The van der Waals surface area contributed by atoms with Crippen molar-refractivity contribution in [2.75, 3.05) is 0 Å². The van der Waals surface area contributed by atoms with E-state index in [1.165, 1.54) is 6.07 Å². The van der Waals surface area contributed by atoms with E-state index >= 15 is 0 Å². The van der Waals surface area contributed by atoms with E-state index in [1.54, 1.807) is 6.07 Å². The van der Waals surface area contributed by atoms with Gasteiger partial charge in [0.25, 0.3) is 0 Å². The van der Waals surface area contributed by atoms with E-state index in [9.17, 15) is 13.6 Å². The molecule has 4 heteroatoms. The molecule has 2 nitrogen and oxygen atoms in total. The summed E-state index contributed by atoms with van der Waals surface area (Å²) in [5.41, 5.74) is 0.259. The molecule has 1 fully saturated rings. The van der Waals surface area contributed by atoms with Gasteiger partial charge >= 0.3 is 5.97 Å². The van der Waals surface area contributed by atoms with Crippen molar-refractivity contribution in [1.29, 1.82) is 0 Å². The highest BCUT2D eigenvalue weighted by Gasteiger charge is 2.48. The summed E-state index contributed by atoms with van der Waals surface area (Å²) in [6.07, 6.45) is 1.70. The Morgan fingerprint density at radius 3 is 2.53 bits per heavy atom. The van der Waals surface area contributed by atoms with E-state index in [-0.39, 0.29) is 12.0 Å². The lowest BCUT2D eigenvalue weighted by atomic mass is 9.90. The number of carboxylic acid groups (broad SMARTS) is 1. The van der Waals surface area contributed by atoms with Crippen molar-refractivity contribution >= 4 is 5.97 Å². The minimum Gasteiger partial charge on any atom is -0.481 e. The number of benzene rings is 1. The first kappa shape index (κ1) is 12.0. The Labute approximate surface area is 98.3 Å². The van der Waals surface area contributed by atoms with Crippen molar-refractivity contribution < 1.29 is 18.7 Å². The summed E-state index contributed by atoms with van der Waals surface area (Å²) in [7, 11) is 0. The Kier molecular flexibility index (Phi) is 2.89. The fraction of sp³-hybridized carbons (Fsp3) is 0.462. The Morgan fingerprint density at radius 1 is 1.41 bits per heavy atom. The average molecular weight is 240 g/mol. The van der Waals surface area contributed by atoms with Crippen LogP contribution in [0.3, 0.4) is 0 Å². The fourth-order valence-electron chi connectivity index (χ4n) is 2.22. The van der Waals surface area contributed by atoms with Gasteiger partial charge in [-0.2, -0.15) is 0 Å². The van der Waals surface area contributed by atoms with Gasteiger partial charge in [-0.3, -0.25) is 4.79 Å². The van der Waals surface area contributed by atoms with Crippen LogP contribution in [-0.2, 0) is 16.6 Å². The smallest absolute Gasteiger partial charge is 0.304 e. The normalized spacial score (nSPS) is 16.9. The molecule has 1 aromatic carbocycles. The third-order valence-electron chi connectivity index (χ3n) is 3.41. The highest BCUT2D eigenvalue weighted by atomic mass is 19.2. The maximum absolute atomic E-state index is 13.7. The monoisotopic (exact) mass is 240 g/mol. The molecular weight excluding hydrogens is 226 g/mol. The number of aryl methyl sites for hydroxylation is 1. The van der Waals surface area contributed by atoms with E-state index in [4.69, 9.17) is 5.11 Å². The summed E-state index contributed by atoms with van der Waals surface area (Å²) in [6.45, 7) is 1.85. The third-order valence-corrected chi connectivity index (χ3v) is 3.41. The molecule has 1 aliphatic rings. The van der Waals surface area contributed by atoms with Gasteiger partial charge in [-0.15, -0.1) is 0 Å². The summed E-state index contributed by atoms with van der Waals surface area (Å²) < 4.78 is 27.1. The van der Waals surface area contributed by atoms with E-state index in [0.717, 1.165) is 0 Å². The standard InChI is InChI=1S/C13H14F2O2/c1-2-8-5-9(12(15)10(14)6-8)13(3-4-13)7-11(16)17/h5-6H,2-4,7H2,1H3,(H,16,17). The molecule has 0 saturated heterocycles. The zero-order valence-corrected chi connectivity index (χ0v) is 9.59. The fourth-order valence-corrected chi connectivity index (χ4v) is 2.22. The van der Waals surface area contributed by atoms with Gasteiger partial charge in [-0.25, -0.2) is 8.78 Å². The molecule has 1 aliphatic carbocycles. The summed E-state index contributed by atoms with van der Waals surface area (Å²) >= 11 is 0. The molecule has 0 amide bonds. The van der Waals surface area contributed by atoms with Gasteiger partial charge in [0.1, 0.15) is 0 Å². The summed E-state index contributed by atoms with van der Waals surface area (Å²) in [5.74, 6) is -2.74. The Morgan fingerprint density at radius 2 is 2.06 bits per heavy atom. The maximum Gasteiger partial charge on any atom is 0.304 e. The highest BCUT2D eigenvalue weighted by molar-refractivity contribution is 5.70. The van der Waals surface area contributed by atoms with E-state index in [2.05, 4.69) is 0 Å². The quantitative estimate of drug-likeness (QED) is 0.878. The van der Waals surface area contributed by atoms with Crippen molar-refractivity contribution in [2.45, 2.75) is 38.0 Å². The van der Waals surface area contributed by atoms with Gasteiger partial charge in [0.05, 0.1) is 6.42 Å². The molecule has 0 unspecified atom stereocenters. The second kappa shape index (κ2) is 4.09. The second-order valence-corrected chi connectivity index (χ2v) is 4.64. The van der Waals surface area contributed by atoms with Gasteiger partial charge < -0.3 is 5.11 Å². The molecule has 0 radical (unpaired) electrons. The highest BCUT2D eigenvalue weighted by Crippen LogP contribution is 2.52. The van der Waals surface area contributed by atoms with Crippen molar-refractivity contribution in [3.8, 4) is 0 Å². The van der Waals surface area contributed by atoms with Crippen LogP contribution in [0.25, 0.3) is 0 Å². The zero-order valence-electron chi connectivity index (χ0n) is 9.59. The molecule has 17 heavy (non-hydrogen) atoms. The topological polar surface area (TPSA) is 37.3 Å². The molecule has 1 aromatic rings. The maximum atomic E-state index is 13.7. The number of carbonyl (C=O) groups is 1. The Balaban J connectivity index is 2.44. The van der Waals surface area contributed by atoms with Crippen LogP contribution in [0.2, 0.25) is 0 Å². The number of carboxylic acids is 1. The van der Waals surface area contributed by atoms with Gasteiger partial charge in [-0.1, -0.05) is 13.0 Å². The molecule has 0 aliphatic heterocycles. The third kappa shape index (κ3) is 2.16. The number of hydrogen-bond donors (Lipinski definition) is 1. The van der Waals surface area contributed by atoms with Gasteiger partial charge in [0, 0.05) is 5.41 Å². The minimum atomic E-state index is -0.968. The van der Waals surface area contributed by atoms with Crippen LogP contribution in [0.1, 0.15) is 37.3 Å². The molecule has 0 bridgehead atoms. The van der Waals surface area contributed by atoms with E-state index in [1.807, 2.05) is 6.92 Å². The van der Waals surface area contributed by atoms with Gasteiger partial charge in [0.15, 0.2) is 11.6 Å². The predicted molar refractivity (Wildman–Crippen MR) is 58.9 cm³/mol. The molecule has 1 N–H and O–H groups in total. The first-order valence-electron chi connectivity index (χ1n) is 5.69. The lowest BCUT2D eigenvalue weighted by Gasteiger charge is -2.15. The van der Waals surface area contributed by atoms with Crippen molar-refractivity contribution in [3.63, 3.8) is 0 Å². The number of rotatable bonds is 4. The second-order valence-electron chi connectivity index (χ2n) is 4.64. The molecule has 2 rings (SSSR count). The van der Waals surface area contributed by atoms with Crippen molar-refractivity contribution in [3.05, 3.63) is 34.9 Å². The van der Waals surface area contributed by atoms with Crippen LogP contribution in [0, 0.1) is 11.6 Å². The molecular formula is C13H14F2O2. The SMILES string of the molecule is CCc1cc(F)c(F)c(C2(CC(=O)O)CC2)c1. The first-order chi connectivity index (χ1) is 7.98. The lowest BCUT2D eigenvalue weighted by molar-refractivity contribution is -0.137. The molecule has 0 atom stereocenters. The van der Waals surface area contributed by atoms with Crippen LogP contribution in [0.4, 0.5) is 8.78 Å². The Hall–Kier alpha value is -1.45. The van der Waals surface area contributed by atoms with Crippen LogP contribution in [0.5, 0.6) is 0 Å². The zero-order chi connectivity index (χ0) is 12.6. The van der Waals surface area contributed by atoms with Gasteiger partial charge in [0.2, 0.25) is 0 Å². The van der Waals surface area contributed by atoms with Crippen LogP contribution in [0.15, 0.2) is 12.1 Å². The summed E-state index contributed by atoms with van der Waals surface area (Å²) in [5, 5.41) is 8.82. The molecule has 0 spiro atoms. The predicted octanol–water partition coefficient (Wildman–Crippen LogP) is 3.03. The molecule has 92 valence electrons. The van der Waals surface area contributed by atoms with Crippen molar-refractivity contribution in [2.24, 2.45) is 0 Å². The summed E-state index contributed by atoms with van der Waals surface area (Å²) in [4.78, 5) is 10.8. The Bertz CT molecular complexity index is 465. The number of halogens is 2. The molecule has 0 aromatic heterocycles. The van der Waals surface area contributed by atoms with Crippen LogP contribution < -0.4 is 0 Å². The molecule has 0 heterocycles. The van der Waals surface area contributed by atoms with Crippen LogP contribution >= 0.6 is 0 Å². The minimum absolute atomic E-state index is 0.128. The van der Waals surface area contributed by atoms with Gasteiger partial charge in [-0.05, 0) is 36.5 Å². The van der Waals surface area contributed by atoms with E-state index in [0.29, 0.717) is 24.8 Å². The molecule has 1 saturated carbocycles.